The molecule has 9 heteroatoms. The molecule has 2 saturated heterocycles. The fourth-order valence-corrected chi connectivity index (χ4v) is 4.60. The zero-order chi connectivity index (χ0) is 22.8. The second kappa shape index (κ2) is 9.12. The van der Waals surface area contributed by atoms with E-state index in [-0.39, 0.29) is 24.3 Å². The molecule has 0 aromatic heterocycles. The lowest BCUT2D eigenvalue weighted by Gasteiger charge is -2.34. The summed E-state index contributed by atoms with van der Waals surface area (Å²) in [6.45, 7) is 1.83. The van der Waals surface area contributed by atoms with Crippen molar-refractivity contribution in [2.45, 2.75) is 69.5 Å². The number of rotatable bonds is 4. The van der Waals surface area contributed by atoms with Crippen LogP contribution >= 0.6 is 0 Å². The molecule has 3 amide bonds. The Bertz CT molecular complexity index is 961. The molecule has 0 radical (unpaired) electrons. The summed E-state index contributed by atoms with van der Waals surface area (Å²) >= 11 is 0. The van der Waals surface area contributed by atoms with Crippen molar-refractivity contribution in [3.8, 4) is 0 Å². The van der Waals surface area contributed by atoms with E-state index in [1.807, 2.05) is 31.2 Å². The Morgan fingerprint density at radius 3 is 2.56 bits per heavy atom. The predicted octanol–water partition coefficient (Wildman–Crippen LogP) is 0.553. The molecule has 0 bridgehead atoms. The number of hydrogen-bond acceptors (Lipinski definition) is 6. The lowest BCUT2D eigenvalue weighted by Crippen LogP contribution is -2.57. The van der Waals surface area contributed by atoms with E-state index in [0.29, 0.717) is 31.2 Å². The molecular weight excluding hydrogens is 414 g/mol. The molecule has 2 unspecified atom stereocenters. The number of nitrogens with one attached hydrogen (secondary N) is 2. The molecule has 0 spiro atoms. The van der Waals surface area contributed by atoms with Gasteiger partial charge in [-0.1, -0.05) is 30.4 Å². The van der Waals surface area contributed by atoms with E-state index in [2.05, 4.69) is 15.4 Å². The van der Waals surface area contributed by atoms with E-state index in [9.17, 15) is 24.3 Å². The van der Waals surface area contributed by atoms with E-state index in [1.54, 1.807) is 17.0 Å². The number of hydrogen-bond donors (Lipinski definition) is 3. The Kier molecular flexibility index (Phi) is 6.27. The maximum atomic E-state index is 13.5. The second-order valence-corrected chi connectivity index (χ2v) is 8.48. The Balaban J connectivity index is 1.50. The molecular formula is C23H27N3O6. The fraction of sp³-hybridized carbons (Fsp3) is 0.478. The molecule has 4 rings (SSSR count). The van der Waals surface area contributed by atoms with Crippen molar-refractivity contribution >= 4 is 23.7 Å². The largest absolute Gasteiger partial charge is 0.434 e. The van der Waals surface area contributed by atoms with E-state index in [0.717, 1.165) is 5.56 Å². The maximum Gasteiger partial charge on any atom is 0.310 e. The third kappa shape index (κ3) is 4.38. The zero-order valence-electron chi connectivity index (χ0n) is 17.8. The quantitative estimate of drug-likeness (QED) is 0.463. The van der Waals surface area contributed by atoms with Crippen LogP contribution in [0.3, 0.4) is 0 Å². The SMILES string of the molecule is Cc1ccccc1C(=O)N[C@H]1CC=CC[C@@H]2CC[C@@H](C(=O)NC3CC(=O)OC3O)N2C1=O. The van der Waals surface area contributed by atoms with Crippen molar-refractivity contribution in [3.05, 3.63) is 47.5 Å². The van der Waals surface area contributed by atoms with Gasteiger partial charge in [-0.15, -0.1) is 0 Å². The van der Waals surface area contributed by atoms with Crippen LogP contribution in [0.25, 0.3) is 0 Å². The predicted molar refractivity (Wildman–Crippen MR) is 113 cm³/mol. The van der Waals surface area contributed by atoms with Gasteiger partial charge in [0.1, 0.15) is 18.1 Å². The average Bonchev–Trinajstić information content (AvgIpc) is 3.31. The standard InChI is InChI=1S/C23H27N3O6/c1-13-6-2-4-8-15(13)20(28)24-16-9-5-3-7-14-10-11-18(26(14)22(16)30)21(29)25-17-12-19(27)32-23(17)31/h2-6,8,14,16-18,23,31H,7,9-12H2,1H3,(H,24,28)(H,25,29)/t14-,16+,17?,18+,23?/m1/s1. The van der Waals surface area contributed by atoms with Gasteiger partial charge in [-0.2, -0.15) is 0 Å². The number of aryl methyl sites for hydroxylation is 1. The lowest BCUT2D eigenvalue weighted by atomic mass is 10.0. The van der Waals surface area contributed by atoms with Crippen molar-refractivity contribution in [1.82, 2.24) is 15.5 Å². The molecule has 3 aliphatic heterocycles. The molecule has 1 aromatic rings. The first-order chi connectivity index (χ1) is 15.3. The summed E-state index contributed by atoms with van der Waals surface area (Å²) < 4.78 is 4.68. The number of fused-ring (bicyclic) bond motifs is 1. The number of aliphatic hydroxyl groups is 1. The highest BCUT2D eigenvalue weighted by Crippen LogP contribution is 2.30. The maximum absolute atomic E-state index is 13.5. The monoisotopic (exact) mass is 441 g/mol. The van der Waals surface area contributed by atoms with Gasteiger partial charge in [0.25, 0.3) is 5.91 Å². The molecule has 170 valence electrons. The van der Waals surface area contributed by atoms with Crippen LogP contribution < -0.4 is 10.6 Å². The summed E-state index contributed by atoms with van der Waals surface area (Å²) in [7, 11) is 0. The van der Waals surface area contributed by atoms with Gasteiger partial charge < -0.3 is 25.4 Å². The van der Waals surface area contributed by atoms with Gasteiger partial charge >= 0.3 is 5.97 Å². The van der Waals surface area contributed by atoms with Gasteiger partial charge in [0.2, 0.25) is 18.1 Å². The second-order valence-electron chi connectivity index (χ2n) is 8.48. The molecule has 2 fully saturated rings. The average molecular weight is 441 g/mol. The van der Waals surface area contributed by atoms with Crippen LogP contribution in [0.15, 0.2) is 36.4 Å². The van der Waals surface area contributed by atoms with Gasteiger partial charge in [-0.25, -0.2) is 0 Å². The third-order valence-electron chi connectivity index (χ3n) is 6.31. The van der Waals surface area contributed by atoms with Gasteiger partial charge in [-0.05, 0) is 44.2 Å². The van der Waals surface area contributed by atoms with Crippen LogP contribution in [0, 0.1) is 6.92 Å². The number of amides is 3. The first-order valence-electron chi connectivity index (χ1n) is 10.9. The Labute approximate surface area is 185 Å². The van der Waals surface area contributed by atoms with Crippen LogP contribution in [0.5, 0.6) is 0 Å². The molecule has 3 aliphatic rings. The normalized spacial score (nSPS) is 29.7. The summed E-state index contributed by atoms with van der Waals surface area (Å²) in [5.41, 5.74) is 1.31. The van der Waals surface area contributed by atoms with Crippen LogP contribution in [0.2, 0.25) is 0 Å². The molecule has 5 atom stereocenters. The van der Waals surface area contributed by atoms with Crippen molar-refractivity contribution in [3.63, 3.8) is 0 Å². The number of carbonyl (C=O) groups excluding carboxylic acids is 4. The van der Waals surface area contributed by atoms with Crippen molar-refractivity contribution in [2.75, 3.05) is 0 Å². The van der Waals surface area contributed by atoms with Crippen molar-refractivity contribution in [2.24, 2.45) is 0 Å². The minimum absolute atomic E-state index is 0.116. The van der Waals surface area contributed by atoms with Crippen molar-refractivity contribution < 1.29 is 29.0 Å². The highest BCUT2D eigenvalue weighted by atomic mass is 16.6. The van der Waals surface area contributed by atoms with Gasteiger partial charge in [0, 0.05) is 11.6 Å². The lowest BCUT2D eigenvalue weighted by molar-refractivity contribution is -0.155. The van der Waals surface area contributed by atoms with Crippen LogP contribution in [0.1, 0.15) is 48.0 Å². The molecule has 0 aliphatic carbocycles. The number of ether oxygens (including phenoxy) is 1. The zero-order valence-corrected chi connectivity index (χ0v) is 17.8. The first kappa shape index (κ1) is 22.0. The highest BCUT2D eigenvalue weighted by molar-refractivity contribution is 5.99. The Morgan fingerprint density at radius 1 is 1.09 bits per heavy atom. The fourth-order valence-electron chi connectivity index (χ4n) is 4.60. The summed E-state index contributed by atoms with van der Waals surface area (Å²) in [6, 6.07) is 4.63. The molecule has 9 nitrogen and oxygen atoms in total. The van der Waals surface area contributed by atoms with Gasteiger partial charge in [0.15, 0.2) is 0 Å². The topological polar surface area (TPSA) is 125 Å². The number of carbonyl (C=O) groups is 4. The third-order valence-corrected chi connectivity index (χ3v) is 6.31. The highest BCUT2D eigenvalue weighted by Gasteiger charge is 2.45. The molecule has 0 saturated carbocycles. The minimum Gasteiger partial charge on any atom is -0.434 e. The number of benzene rings is 1. The molecule has 1 aromatic carbocycles. The molecule has 3 N–H and O–H groups in total. The number of cyclic esters (lactones) is 1. The van der Waals surface area contributed by atoms with Crippen LogP contribution in [-0.2, 0) is 19.1 Å². The Hall–Kier alpha value is -3.20. The molecule has 32 heavy (non-hydrogen) atoms. The van der Waals surface area contributed by atoms with Crippen LogP contribution in [-0.4, -0.2) is 64.2 Å². The van der Waals surface area contributed by atoms with Crippen LogP contribution in [0.4, 0.5) is 0 Å². The van der Waals surface area contributed by atoms with E-state index >= 15 is 0 Å². The number of nitrogens with zero attached hydrogens (tertiary/aromatic N) is 1. The van der Waals surface area contributed by atoms with Crippen molar-refractivity contribution in [1.29, 1.82) is 0 Å². The minimum atomic E-state index is -1.39. The molecule has 3 heterocycles. The van der Waals surface area contributed by atoms with E-state index < -0.39 is 36.3 Å². The summed E-state index contributed by atoms with van der Waals surface area (Å²) in [5, 5.41) is 15.3. The van der Waals surface area contributed by atoms with Gasteiger partial charge in [-0.3, -0.25) is 19.2 Å². The first-order valence-corrected chi connectivity index (χ1v) is 10.9. The van der Waals surface area contributed by atoms with E-state index in [1.165, 1.54) is 0 Å². The van der Waals surface area contributed by atoms with Gasteiger partial charge in [0.05, 0.1) is 6.42 Å². The summed E-state index contributed by atoms with van der Waals surface area (Å²) in [5.74, 6) is -1.66. The smallest absolute Gasteiger partial charge is 0.310 e. The summed E-state index contributed by atoms with van der Waals surface area (Å²) in [4.78, 5) is 52.2. The number of aliphatic hydroxyl groups excluding tert-OH is 1. The number of esters is 1. The summed E-state index contributed by atoms with van der Waals surface area (Å²) in [6.07, 6.45) is 4.43. The van der Waals surface area contributed by atoms with E-state index in [4.69, 9.17) is 0 Å². The Morgan fingerprint density at radius 2 is 1.84 bits per heavy atom.